The maximum absolute atomic E-state index is 11.6. The van der Waals surface area contributed by atoms with Gasteiger partial charge in [0.05, 0.1) is 6.20 Å². The van der Waals surface area contributed by atoms with E-state index in [1.54, 1.807) is 12.4 Å². The standard InChI is InChI=1S/C15H18ClN3O2/c1-15(2,3)21-14(20)17-7-10-4-11(6-13(16)5-10)12-8-18-19-9-12/h4-6,8-9H,7H2,1-3H3,(H,17,20)(H,18,19). The van der Waals surface area contributed by atoms with Gasteiger partial charge in [-0.3, -0.25) is 5.10 Å². The van der Waals surface area contributed by atoms with Crippen molar-refractivity contribution in [3.8, 4) is 11.1 Å². The minimum Gasteiger partial charge on any atom is -0.444 e. The van der Waals surface area contributed by atoms with Crippen LogP contribution in [0.25, 0.3) is 11.1 Å². The van der Waals surface area contributed by atoms with Crippen LogP contribution in [-0.2, 0) is 11.3 Å². The third kappa shape index (κ3) is 4.79. The molecule has 1 heterocycles. The Bertz CT molecular complexity index is 618. The van der Waals surface area contributed by atoms with Gasteiger partial charge in [0.25, 0.3) is 0 Å². The highest BCUT2D eigenvalue weighted by atomic mass is 35.5. The van der Waals surface area contributed by atoms with Gasteiger partial charge in [0, 0.05) is 23.3 Å². The second-order valence-corrected chi connectivity index (χ2v) is 6.13. The smallest absolute Gasteiger partial charge is 0.407 e. The number of carbonyl (C=O) groups is 1. The van der Waals surface area contributed by atoms with Crippen LogP contribution in [0.2, 0.25) is 5.02 Å². The molecular weight excluding hydrogens is 290 g/mol. The molecule has 0 aliphatic rings. The molecule has 0 fully saturated rings. The highest BCUT2D eigenvalue weighted by Crippen LogP contribution is 2.24. The lowest BCUT2D eigenvalue weighted by Crippen LogP contribution is -2.32. The predicted molar refractivity (Wildman–Crippen MR) is 82.1 cm³/mol. The molecule has 2 N–H and O–H groups in total. The first kappa shape index (κ1) is 15.4. The van der Waals surface area contributed by atoms with Crippen molar-refractivity contribution in [2.24, 2.45) is 0 Å². The van der Waals surface area contributed by atoms with Crippen LogP contribution in [0.15, 0.2) is 30.6 Å². The molecule has 1 aromatic heterocycles. The number of nitrogens with zero attached hydrogens (tertiary/aromatic N) is 1. The Balaban J connectivity index is 2.06. The molecule has 0 radical (unpaired) electrons. The van der Waals surface area contributed by atoms with E-state index >= 15 is 0 Å². The summed E-state index contributed by atoms with van der Waals surface area (Å²) >= 11 is 6.11. The quantitative estimate of drug-likeness (QED) is 0.907. The lowest BCUT2D eigenvalue weighted by molar-refractivity contribution is 0.0523. The molecular formula is C15H18ClN3O2. The van der Waals surface area contributed by atoms with Crippen LogP contribution >= 0.6 is 11.6 Å². The number of benzene rings is 1. The van der Waals surface area contributed by atoms with Gasteiger partial charge in [-0.25, -0.2) is 4.79 Å². The minimum absolute atomic E-state index is 0.348. The van der Waals surface area contributed by atoms with Crippen LogP contribution in [0.4, 0.5) is 4.79 Å². The maximum atomic E-state index is 11.6. The van der Waals surface area contributed by atoms with Crippen LogP contribution < -0.4 is 5.32 Å². The fourth-order valence-electron chi connectivity index (χ4n) is 1.82. The van der Waals surface area contributed by atoms with Gasteiger partial charge in [-0.15, -0.1) is 0 Å². The zero-order valence-corrected chi connectivity index (χ0v) is 13.0. The normalized spacial score (nSPS) is 11.2. The average Bonchev–Trinajstić information content (AvgIpc) is 2.87. The van der Waals surface area contributed by atoms with Crippen LogP contribution in [0, 0.1) is 0 Å². The Hall–Kier alpha value is -2.01. The Morgan fingerprint density at radius 2 is 2.10 bits per heavy atom. The van der Waals surface area contributed by atoms with Crippen molar-refractivity contribution in [1.29, 1.82) is 0 Å². The predicted octanol–water partition coefficient (Wildman–Crippen LogP) is 3.75. The van der Waals surface area contributed by atoms with Crippen LogP contribution in [0.5, 0.6) is 0 Å². The number of hydrogen-bond donors (Lipinski definition) is 2. The number of aromatic amines is 1. The first-order chi connectivity index (χ1) is 9.83. The lowest BCUT2D eigenvalue weighted by atomic mass is 10.1. The van der Waals surface area contributed by atoms with Crippen LogP contribution in [0.3, 0.4) is 0 Å². The fourth-order valence-corrected chi connectivity index (χ4v) is 2.07. The van der Waals surface area contributed by atoms with E-state index < -0.39 is 11.7 Å². The van der Waals surface area contributed by atoms with Gasteiger partial charge < -0.3 is 10.1 Å². The van der Waals surface area contributed by atoms with Gasteiger partial charge in [-0.05, 0) is 50.1 Å². The second kappa shape index (κ2) is 6.18. The summed E-state index contributed by atoms with van der Waals surface area (Å²) in [6, 6.07) is 5.61. The van der Waals surface area contributed by atoms with E-state index in [1.165, 1.54) is 0 Å². The molecule has 2 aromatic rings. The van der Waals surface area contributed by atoms with Gasteiger partial charge in [-0.2, -0.15) is 5.10 Å². The minimum atomic E-state index is -0.514. The molecule has 0 saturated carbocycles. The number of H-pyrrole nitrogens is 1. The van der Waals surface area contributed by atoms with Gasteiger partial charge in [-0.1, -0.05) is 11.6 Å². The van der Waals surface area contributed by atoms with Crippen molar-refractivity contribution in [1.82, 2.24) is 15.5 Å². The van der Waals surface area contributed by atoms with E-state index in [0.717, 1.165) is 16.7 Å². The van der Waals surface area contributed by atoms with E-state index in [2.05, 4.69) is 15.5 Å². The molecule has 0 aliphatic heterocycles. The molecule has 0 atom stereocenters. The molecule has 0 unspecified atom stereocenters. The Labute approximate surface area is 128 Å². The van der Waals surface area contributed by atoms with Gasteiger partial charge in [0.15, 0.2) is 0 Å². The number of aromatic nitrogens is 2. The highest BCUT2D eigenvalue weighted by Gasteiger charge is 2.15. The number of rotatable bonds is 3. The number of nitrogens with one attached hydrogen (secondary N) is 2. The highest BCUT2D eigenvalue weighted by molar-refractivity contribution is 6.31. The SMILES string of the molecule is CC(C)(C)OC(=O)NCc1cc(Cl)cc(-c2cn[nH]c2)c1. The van der Waals surface area contributed by atoms with Crippen molar-refractivity contribution >= 4 is 17.7 Å². The molecule has 0 saturated heterocycles. The molecule has 2 rings (SSSR count). The summed E-state index contributed by atoms with van der Waals surface area (Å²) < 4.78 is 5.19. The number of amides is 1. The molecule has 112 valence electrons. The average molecular weight is 308 g/mol. The molecule has 1 aromatic carbocycles. The summed E-state index contributed by atoms with van der Waals surface area (Å²) in [5.41, 5.74) is 2.26. The fraction of sp³-hybridized carbons (Fsp3) is 0.333. The Morgan fingerprint density at radius 3 is 2.71 bits per heavy atom. The Kier molecular flexibility index (Phi) is 4.53. The third-order valence-corrected chi connectivity index (χ3v) is 2.84. The summed E-state index contributed by atoms with van der Waals surface area (Å²) in [5.74, 6) is 0. The molecule has 21 heavy (non-hydrogen) atoms. The molecule has 6 heteroatoms. The number of halogens is 1. The number of carbonyl (C=O) groups excluding carboxylic acids is 1. The second-order valence-electron chi connectivity index (χ2n) is 5.69. The maximum Gasteiger partial charge on any atom is 0.407 e. The van der Waals surface area contributed by atoms with Crippen molar-refractivity contribution in [2.75, 3.05) is 0 Å². The van der Waals surface area contributed by atoms with E-state index in [4.69, 9.17) is 16.3 Å². The Morgan fingerprint density at radius 1 is 1.33 bits per heavy atom. The zero-order chi connectivity index (χ0) is 15.5. The van der Waals surface area contributed by atoms with Crippen molar-refractivity contribution in [2.45, 2.75) is 32.9 Å². The van der Waals surface area contributed by atoms with Crippen molar-refractivity contribution < 1.29 is 9.53 Å². The van der Waals surface area contributed by atoms with E-state index in [1.807, 2.05) is 39.0 Å². The monoisotopic (exact) mass is 307 g/mol. The summed E-state index contributed by atoms with van der Waals surface area (Å²) in [5, 5.41) is 9.99. The summed E-state index contributed by atoms with van der Waals surface area (Å²) in [6.45, 7) is 5.81. The first-order valence-electron chi connectivity index (χ1n) is 6.59. The summed E-state index contributed by atoms with van der Waals surface area (Å²) in [7, 11) is 0. The summed E-state index contributed by atoms with van der Waals surface area (Å²) in [4.78, 5) is 11.6. The molecule has 0 bridgehead atoms. The van der Waals surface area contributed by atoms with E-state index in [9.17, 15) is 4.79 Å². The van der Waals surface area contributed by atoms with Gasteiger partial charge in [0.2, 0.25) is 0 Å². The van der Waals surface area contributed by atoms with Crippen LogP contribution in [-0.4, -0.2) is 21.9 Å². The van der Waals surface area contributed by atoms with Gasteiger partial charge >= 0.3 is 6.09 Å². The topological polar surface area (TPSA) is 67.0 Å². The lowest BCUT2D eigenvalue weighted by Gasteiger charge is -2.19. The van der Waals surface area contributed by atoms with Crippen molar-refractivity contribution in [3.05, 3.63) is 41.2 Å². The van der Waals surface area contributed by atoms with E-state index in [-0.39, 0.29) is 0 Å². The number of hydrogen-bond acceptors (Lipinski definition) is 3. The molecule has 1 amide bonds. The first-order valence-corrected chi connectivity index (χ1v) is 6.97. The number of ether oxygens (including phenoxy) is 1. The number of alkyl carbamates (subject to hydrolysis) is 1. The molecule has 0 aliphatic carbocycles. The summed E-state index contributed by atoms with van der Waals surface area (Å²) in [6.07, 6.45) is 3.06. The third-order valence-electron chi connectivity index (χ3n) is 2.62. The molecule has 0 spiro atoms. The van der Waals surface area contributed by atoms with Gasteiger partial charge in [0.1, 0.15) is 5.60 Å². The van der Waals surface area contributed by atoms with Crippen LogP contribution in [0.1, 0.15) is 26.3 Å². The van der Waals surface area contributed by atoms with Crippen molar-refractivity contribution in [3.63, 3.8) is 0 Å². The zero-order valence-electron chi connectivity index (χ0n) is 12.2. The largest absolute Gasteiger partial charge is 0.444 e. The molecule has 5 nitrogen and oxygen atoms in total. The van der Waals surface area contributed by atoms with E-state index in [0.29, 0.717) is 11.6 Å².